The molecule has 0 unspecified atom stereocenters. The van der Waals surface area contributed by atoms with Crippen molar-refractivity contribution in [3.05, 3.63) is 68.9 Å². The molecule has 30 heavy (non-hydrogen) atoms. The Balaban J connectivity index is 1.42. The molecule has 0 bridgehead atoms. The number of benzene rings is 1. The van der Waals surface area contributed by atoms with Gasteiger partial charge >= 0.3 is 0 Å². The number of amides is 1. The van der Waals surface area contributed by atoms with E-state index in [9.17, 15) is 4.79 Å². The average Bonchev–Trinajstić information content (AvgIpc) is 3.41. The van der Waals surface area contributed by atoms with E-state index >= 15 is 0 Å². The number of hydrogen-bond acceptors (Lipinski definition) is 5. The predicted molar refractivity (Wildman–Crippen MR) is 120 cm³/mol. The van der Waals surface area contributed by atoms with Gasteiger partial charge in [0.2, 0.25) is 0 Å². The first-order valence-corrected chi connectivity index (χ1v) is 11.0. The van der Waals surface area contributed by atoms with Crippen molar-refractivity contribution in [1.82, 2.24) is 19.7 Å². The summed E-state index contributed by atoms with van der Waals surface area (Å²) in [4.78, 5) is 23.4. The molecule has 152 valence electrons. The van der Waals surface area contributed by atoms with Crippen molar-refractivity contribution in [2.24, 2.45) is 7.05 Å². The van der Waals surface area contributed by atoms with Gasteiger partial charge < -0.3 is 0 Å². The zero-order valence-corrected chi connectivity index (χ0v) is 18.2. The molecule has 4 aromatic rings. The van der Waals surface area contributed by atoms with E-state index in [-0.39, 0.29) is 5.91 Å². The number of carbonyl (C=O) groups excluding carboxylic acids is 1. The third kappa shape index (κ3) is 3.70. The number of nitrogens with zero attached hydrogens (tertiary/aromatic N) is 4. The Morgan fingerprint density at radius 3 is 2.93 bits per heavy atom. The number of aromatic nitrogens is 4. The summed E-state index contributed by atoms with van der Waals surface area (Å²) in [6.45, 7) is 1.91. The highest BCUT2D eigenvalue weighted by molar-refractivity contribution is 7.15. The molecule has 0 aliphatic heterocycles. The lowest BCUT2D eigenvalue weighted by Gasteiger charge is -2.07. The first-order valence-electron chi connectivity index (χ1n) is 9.82. The third-order valence-electron chi connectivity index (χ3n) is 5.27. The Labute approximate surface area is 182 Å². The number of fused-ring (bicyclic) bond motifs is 1. The van der Waals surface area contributed by atoms with Gasteiger partial charge in [0.15, 0.2) is 10.8 Å². The first-order chi connectivity index (χ1) is 14.5. The number of carbonyl (C=O) groups is 1. The van der Waals surface area contributed by atoms with Crippen molar-refractivity contribution in [1.29, 1.82) is 0 Å². The molecule has 1 aromatic carbocycles. The number of pyridine rings is 1. The summed E-state index contributed by atoms with van der Waals surface area (Å²) in [7, 11) is 1.86. The SMILES string of the molecule is Cc1nn(C)c2nc(C3CC3)cc(C(=O)Nc3ncc(Cc4cccc(Cl)c4)s3)c12. The number of aryl methyl sites for hydroxylation is 2. The average molecular weight is 438 g/mol. The lowest BCUT2D eigenvalue weighted by molar-refractivity contribution is 0.102. The van der Waals surface area contributed by atoms with Gasteiger partial charge in [0.1, 0.15) is 0 Å². The molecule has 0 spiro atoms. The molecule has 6 nitrogen and oxygen atoms in total. The summed E-state index contributed by atoms with van der Waals surface area (Å²) >= 11 is 7.54. The highest BCUT2D eigenvalue weighted by Crippen LogP contribution is 2.40. The largest absolute Gasteiger partial charge is 0.298 e. The van der Waals surface area contributed by atoms with Crippen LogP contribution in [0.4, 0.5) is 5.13 Å². The molecule has 0 atom stereocenters. The Morgan fingerprint density at radius 1 is 1.33 bits per heavy atom. The quantitative estimate of drug-likeness (QED) is 0.471. The van der Waals surface area contributed by atoms with E-state index in [1.807, 2.05) is 44.3 Å². The number of halogens is 1. The molecule has 3 heterocycles. The summed E-state index contributed by atoms with van der Waals surface area (Å²) in [5.74, 6) is 0.268. The Hall–Kier alpha value is -2.77. The van der Waals surface area contributed by atoms with Crippen LogP contribution in [0, 0.1) is 6.92 Å². The van der Waals surface area contributed by atoms with Gasteiger partial charge in [0.05, 0.1) is 16.6 Å². The molecular weight excluding hydrogens is 418 g/mol. The second kappa shape index (κ2) is 7.49. The van der Waals surface area contributed by atoms with Gasteiger partial charge in [0, 0.05) is 41.2 Å². The van der Waals surface area contributed by atoms with Crippen LogP contribution < -0.4 is 5.32 Å². The van der Waals surface area contributed by atoms with Crippen molar-refractivity contribution in [2.75, 3.05) is 5.32 Å². The van der Waals surface area contributed by atoms with Crippen LogP contribution in [0.25, 0.3) is 11.0 Å². The van der Waals surface area contributed by atoms with Crippen LogP contribution in [0.15, 0.2) is 36.5 Å². The molecule has 1 N–H and O–H groups in total. The van der Waals surface area contributed by atoms with E-state index in [0.717, 1.165) is 52.1 Å². The molecular formula is C22H20ClN5OS. The summed E-state index contributed by atoms with van der Waals surface area (Å²) in [6.07, 6.45) is 4.76. The number of rotatable bonds is 5. The minimum absolute atomic E-state index is 0.177. The molecule has 1 saturated carbocycles. The van der Waals surface area contributed by atoms with Crippen LogP contribution in [-0.4, -0.2) is 25.7 Å². The van der Waals surface area contributed by atoms with Crippen molar-refractivity contribution >= 4 is 45.0 Å². The summed E-state index contributed by atoms with van der Waals surface area (Å²) in [5, 5.41) is 9.53. The van der Waals surface area contributed by atoms with Gasteiger partial charge in [-0.1, -0.05) is 23.7 Å². The standard InChI is InChI=1S/C22H20ClN5OS/c1-12-19-17(10-18(14-6-7-14)25-20(19)28(2)27-12)21(29)26-22-24-11-16(30-22)9-13-4-3-5-15(23)8-13/h3-5,8,10-11,14H,6-7,9H2,1-2H3,(H,24,26,29). The maximum absolute atomic E-state index is 13.2. The molecule has 0 radical (unpaired) electrons. The monoisotopic (exact) mass is 437 g/mol. The van der Waals surface area contributed by atoms with Crippen molar-refractivity contribution in [3.63, 3.8) is 0 Å². The zero-order chi connectivity index (χ0) is 20.8. The minimum Gasteiger partial charge on any atom is -0.298 e. The fourth-order valence-corrected chi connectivity index (χ4v) is 4.75. The zero-order valence-electron chi connectivity index (χ0n) is 16.6. The molecule has 1 fully saturated rings. The maximum Gasteiger partial charge on any atom is 0.258 e. The first kappa shape index (κ1) is 19.2. The summed E-state index contributed by atoms with van der Waals surface area (Å²) in [5.41, 5.74) is 4.24. The molecule has 1 aliphatic rings. The molecule has 3 aromatic heterocycles. The van der Waals surface area contributed by atoms with E-state index < -0.39 is 0 Å². The summed E-state index contributed by atoms with van der Waals surface area (Å²) < 4.78 is 1.75. The Morgan fingerprint density at radius 2 is 2.17 bits per heavy atom. The highest BCUT2D eigenvalue weighted by Gasteiger charge is 2.28. The fraction of sp³-hybridized carbons (Fsp3) is 0.273. The predicted octanol–water partition coefficient (Wildman–Crippen LogP) is 5.11. The Bertz CT molecular complexity index is 1270. The van der Waals surface area contributed by atoms with Gasteiger partial charge in [-0.05, 0) is 43.5 Å². The van der Waals surface area contributed by atoms with Crippen LogP contribution in [-0.2, 0) is 13.5 Å². The van der Waals surface area contributed by atoms with Crippen molar-refractivity contribution in [2.45, 2.75) is 32.1 Å². The fourth-order valence-electron chi connectivity index (χ4n) is 3.69. The van der Waals surface area contributed by atoms with Crippen LogP contribution in [0.2, 0.25) is 5.02 Å². The van der Waals surface area contributed by atoms with Gasteiger partial charge in [-0.25, -0.2) is 9.97 Å². The van der Waals surface area contributed by atoms with Crippen LogP contribution in [0.3, 0.4) is 0 Å². The molecule has 1 amide bonds. The smallest absolute Gasteiger partial charge is 0.258 e. The number of anilines is 1. The number of hydrogen-bond donors (Lipinski definition) is 1. The van der Waals surface area contributed by atoms with Gasteiger partial charge in [0.25, 0.3) is 5.91 Å². The lowest BCUT2D eigenvalue weighted by Crippen LogP contribution is -2.13. The van der Waals surface area contributed by atoms with Crippen LogP contribution >= 0.6 is 22.9 Å². The highest BCUT2D eigenvalue weighted by atomic mass is 35.5. The van der Waals surface area contributed by atoms with E-state index in [1.165, 1.54) is 11.3 Å². The Kier molecular flexibility index (Phi) is 4.79. The van der Waals surface area contributed by atoms with Gasteiger partial charge in [-0.2, -0.15) is 5.10 Å². The molecule has 0 saturated heterocycles. The van der Waals surface area contributed by atoms with Crippen molar-refractivity contribution < 1.29 is 4.79 Å². The van der Waals surface area contributed by atoms with Gasteiger partial charge in [-0.3, -0.25) is 14.8 Å². The maximum atomic E-state index is 13.2. The van der Waals surface area contributed by atoms with E-state index in [4.69, 9.17) is 16.6 Å². The van der Waals surface area contributed by atoms with Crippen molar-refractivity contribution in [3.8, 4) is 0 Å². The van der Waals surface area contributed by atoms with Crippen LogP contribution in [0.5, 0.6) is 0 Å². The molecule has 1 aliphatic carbocycles. The van der Waals surface area contributed by atoms with Crippen LogP contribution in [0.1, 0.15) is 50.9 Å². The molecule has 8 heteroatoms. The second-order valence-electron chi connectivity index (χ2n) is 7.67. The van der Waals surface area contributed by atoms with E-state index in [2.05, 4.69) is 15.4 Å². The van der Waals surface area contributed by atoms with E-state index in [0.29, 0.717) is 21.6 Å². The molecule has 5 rings (SSSR count). The topological polar surface area (TPSA) is 72.7 Å². The second-order valence-corrected chi connectivity index (χ2v) is 9.22. The lowest BCUT2D eigenvalue weighted by atomic mass is 10.1. The minimum atomic E-state index is -0.177. The number of nitrogens with one attached hydrogen (secondary N) is 1. The summed E-state index contributed by atoms with van der Waals surface area (Å²) in [6, 6.07) is 9.68. The van der Waals surface area contributed by atoms with Gasteiger partial charge in [-0.15, -0.1) is 11.3 Å². The normalized spacial score (nSPS) is 13.7. The third-order valence-corrected chi connectivity index (χ3v) is 6.42. The van der Waals surface area contributed by atoms with E-state index in [1.54, 1.807) is 10.9 Å². The number of thiazole rings is 1.